The molecule has 7 heteroatoms. The molecule has 0 spiro atoms. The summed E-state index contributed by atoms with van der Waals surface area (Å²) in [6.45, 7) is 10.8. The molecular weight excluding hydrogens is 346 g/mol. The maximum Gasteiger partial charge on any atom is 0.275 e. The van der Waals surface area contributed by atoms with Gasteiger partial charge in [0.25, 0.3) is 5.91 Å². The summed E-state index contributed by atoms with van der Waals surface area (Å²) >= 11 is 0. The minimum atomic E-state index is 0.0530. The van der Waals surface area contributed by atoms with Crippen LogP contribution in [0.15, 0.2) is 18.2 Å². The Kier molecular flexibility index (Phi) is 8.39. The molecule has 1 aromatic carbocycles. The summed E-state index contributed by atoms with van der Waals surface area (Å²) in [5.41, 5.74) is 1.10. The SMILES string of the molecule is CCOc1ccc(CCNC(=O)C[NH+]2CCN(C(C)=O)CC2)cc1OCC. The Morgan fingerprint density at radius 2 is 1.78 bits per heavy atom. The molecule has 0 radical (unpaired) electrons. The van der Waals surface area contributed by atoms with Crippen molar-refractivity contribution in [1.82, 2.24) is 10.2 Å². The molecule has 1 aromatic rings. The summed E-state index contributed by atoms with van der Waals surface area (Å²) in [6.07, 6.45) is 0.742. The standard InChI is InChI=1S/C20H31N3O4/c1-4-26-18-7-6-17(14-19(18)27-5-2)8-9-21-20(25)15-22-10-12-23(13-11-22)16(3)24/h6-7,14H,4-5,8-13,15H2,1-3H3,(H,21,25)/p+1. The predicted octanol–water partition coefficient (Wildman–Crippen LogP) is -0.110. The number of hydrogen-bond acceptors (Lipinski definition) is 4. The number of benzene rings is 1. The van der Waals surface area contributed by atoms with E-state index in [9.17, 15) is 9.59 Å². The Morgan fingerprint density at radius 1 is 1.11 bits per heavy atom. The summed E-state index contributed by atoms with van der Waals surface area (Å²) in [6, 6.07) is 5.91. The van der Waals surface area contributed by atoms with Crippen LogP contribution in [-0.4, -0.2) is 69.2 Å². The maximum atomic E-state index is 12.2. The second kappa shape index (κ2) is 10.8. The highest BCUT2D eigenvalue weighted by molar-refractivity contribution is 5.76. The van der Waals surface area contributed by atoms with Crippen molar-refractivity contribution in [2.45, 2.75) is 27.2 Å². The first kappa shape index (κ1) is 21.0. The minimum absolute atomic E-state index is 0.0530. The van der Waals surface area contributed by atoms with Gasteiger partial charge in [-0.2, -0.15) is 0 Å². The maximum absolute atomic E-state index is 12.2. The van der Waals surface area contributed by atoms with E-state index < -0.39 is 0 Å². The van der Waals surface area contributed by atoms with Gasteiger partial charge in [0.15, 0.2) is 18.0 Å². The lowest BCUT2D eigenvalue weighted by atomic mass is 10.1. The minimum Gasteiger partial charge on any atom is -0.490 e. The molecule has 2 rings (SSSR count). The fraction of sp³-hybridized carbons (Fsp3) is 0.600. The molecule has 1 heterocycles. The van der Waals surface area contributed by atoms with E-state index in [0.29, 0.717) is 26.3 Å². The van der Waals surface area contributed by atoms with E-state index in [1.165, 1.54) is 4.90 Å². The van der Waals surface area contributed by atoms with Crippen molar-refractivity contribution in [3.05, 3.63) is 23.8 Å². The quantitative estimate of drug-likeness (QED) is 0.629. The van der Waals surface area contributed by atoms with Gasteiger partial charge in [-0.25, -0.2) is 0 Å². The first-order valence-electron chi connectivity index (χ1n) is 9.77. The molecule has 0 bridgehead atoms. The van der Waals surface area contributed by atoms with E-state index in [2.05, 4.69) is 5.32 Å². The van der Waals surface area contributed by atoms with Crippen LogP contribution < -0.4 is 19.7 Å². The van der Waals surface area contributed by atoms with Gasteiger partial charge < -0.3 is 24.6 Å². The smallest absolute Gasteiger partial charge is 0.275 e. The Labute approximate surface area is 161 Å². The molecule has 2 N–H and O–H groups in total. The van der Waals surface area contributed by atoms with Crippen LogP contribution in [0.1, 0.15) is 26.3 Å². The van der Waals surface area contributed by atoms with Gasteiger partial charge in [0.1, 0.15) is 0 Å². The number of piperazine rings is 1. The zero-order valence-electron chi connectivity index (χ0n) is 16.7. The largest absolute Gasteiger partial charge is 0.490 e. The number of amides is 2. The number of rotatable bonds is 9. The van der Waals surface area contributed by atoms with E-state index >= 15 is 0 Å². The monoisotopic (exact) mass is 378 g/mol. The van der Waals surface area contributed by atoms with Crippen LogP contribution in [0.2, 0.25) is 0 Å². The average Bonchev–Trinajstić information content (AvgIpc) is 2.64. The highest BCUT2D eigenvalue weighted by atomic mass is 16.5. The first-order chi connectivity index (χ1) is 13.0. The van der Waals surface area contributed by atoms with Gasteiger partial charge in [-0.3, -0.25) is 9.59 Å². The lowest BCUT2D eigenvalue weighted by Crippen LogP contribution is -3.15. The molecule has 7 nitrogen and oxygen atoms in total. The molecule has 1 aliphatic rings. The van der Waals surface area contributed by atoms with Crippen molar-refractivity contribution < 1.29 is 24.0 Å². The van der Waals surface area contributed by atoms with Gasteiger partial charge in [-0.1, -0.05) is 6.07 Å². The highest BCUT2D eigenvalue weighted by Gasteiger charge is 2.23. The molecule has 0 atom stereocenters. The third-order valence-electron chi connectivity index (χ3n) is 4.67. The Hall–Kier alpha value is -2.28. The molecule has 0 aromatic heterocycles. The van der Waals surface area contributed by atoms with Gasteiger partial charge in [0.2, 0.25) is 5.91 Å². The van der Waals surface area contributed by atoms with E-state index in [4.69, 9.17) is 9.47 Å². The van der Waals surface area contributed by atoms with E-state index in [-0.39, 0.29) is 11.8 Å². The summed E-state index contributed by atoms with van der Waals surface area (Å²) in [4.78, 5) is 26.6. The van der Waals surface area contributed by atoms with Crippen LogP contribution in [0.4, 0.5) is 0 Å². The number of nitrogens with zero attached hydrogens (tertiary/aromatic N) is 1. The molecule has 2 amide bonds. The van der Waals surface area contributed by atoms with Crippen molar-refractivity contribution >= 4 is 11.8 Å². The van der Waals surface area contributed by atoms with E-state index in [1.807, 2.05) is 36.9 Å². The zero-order valence-corrected chi connectivity index (χ0v) is 16.7. The zero-order chi connectivity index (χ0) is 19.6. The third kappa shape index (κ3) is 6.75. The Bertz CT molecular complexity index is 628. The van der Waals surface area contributed by atoms with Crippen molar-refractivity contribution in [2.24, 2.45) is 0 Å². The molecule has 150 valence electrons. The molecule has 0 unspecified atom stereocenters. The number of ether oxygens (including phenoxy) is 2. The highest BCUT2D eigenvalue weighted by Crippen LogP contribution is 2.28. The van der Waals surface area contributed by atoms with Crippen LogP contribution in [0.25, 0.3) is 0 Å². The number of nitrogens with one attached hydrogen (secondary N) is 2. The number of hydrogen-bond donors (Lipinski definition) is 2. The second-order valence-corrected chi connectivity index (χ2v) is 6.68. The summed E-state index contributed by atoms with van der Waals surface area (Å²) in [5, 5.41) is 2.99. The molecule has 1 fully saturated rings. The molecule has 1 saturated heterocycles. The summed E-state index contributed by atoms with van der Waals surface area (Å²) in [5.74, 6) is 1.66. The third-order valence-corrected chi connectivity index (χ3v) is 4.67. The van der Waals surface area contributed by atoms with Crippen LogP contribution in [0.5, 0.6) is 11.5 Å². The van der Waals surface area contributed by atoms with Crippen molar-refractivity contribution in [2.75, 3.05) is 52.5 Å². The van der Waals surface area contributed by atoms with Gasteiger partial charge in [-0.05, 0) is 38.0 Å². The van der Waals surface area contributed by atoms with Crippen LogP contribution in [0, 0.1) is 0 Å². The van der Waals surface area contributed by atoms with Crippen molar-refractivity contribution in [1.29, 1.82) is 0 Å². The average molecular weight is 378 g/mol. The topological polar surface area (TPSA) is 72.3 Å². The molecule has 27 heavy (non-hydrogen) atoms. The van der Waals surface area contributed by atoms with E-state index in [0.717, 1.165) is 49.7 Å². The van der Waals surface area contributed by atoms with Gasteiger partial charge in [0.05, 0.1) is 39.4 Å². The lowest BCUT2D eigenvalue weighted by molar-refractivity contribution is -0.896. The fourth-order valence-electron chi connectivity index (χ4n) is 3.20. The summed E-state index contributed by atoms with van der Waals surface area (Å²) < 4.78 is 11.2. The molecule has 1 aliphatic heterocycles. The van der Waals surface area contributed by atoms with Gasteiger partial charge in [-0.15, -0.1) is 0 Å². The molecular formula is C20H32N3O4+. The fourth-order valence-corrected chi connectivity index (χ4v) is 3.20. The Morgan fingerprint density at radius 3 is 2.41 bits per heavy atom. The van der Waals surface area contributed by atoms with Crippen LogP contribution in [-0.2, 0) is 16.0 Å². The van der Waals surface area contributed by atoms with Crippen molar-refractivity contribution in [3.63, 3.8) is 0 Å². The van der Waals surface area contributed by atoms with Crippen molar-refractivity contribution in [3.8, 4) is 11.5 Å². The molecule has 0 aliphatic carbocycles. The van der Waals surface area contributed by atoms with Gasteiger partial charge in [0, 0.05) is 13.5 Å². The van der Waals surface area contributed by atoms with Gasteiger partial charge >= 0.3 is 0 Å². The second-order valence-electron chi connectivity index (χ2n) is 6.68. The summed E-state index contributed by atoms with van der Waals surface area (Å²) in [7, 11) is 0. The number of quaternary nitrogens is 1. The normalized spacial score (nSPS) is 14.7. The van der Waals surface area contributed by atoms with Crippen LogP contribution >= 0.6 is 0 Å². The predicted molar refractivity (Wildman–Crippen MR) is 103 cm³/mol. The van der Waals surface area contributed by atoms with Crippen LogP contribution in [0.3, 0.4) is 0 Å². The Balaban J connectivity index is 1.74. The molecule has 0 saturated carbocycles. The van der Waals surface area contributed by atoms with E-state index in [1.54, 1.807) is 6.92 Å². The first-order valence-corrected chi connectivity index (χ1v) is 9.77. The lowest BCUT2D eigenvalue weighted by Gasteiger charge is -2.31. The number of carbonyl (C=O) groups excluding carboxylic acids is 2. The number of carbonyl (C=O) groups is 2.